The Hall–Kier alpha value is -0.390. The van der Waals surface area contributed by atoms with Crippen molar-refractivity contribution in [1.29, 1.82) is 0 Å². The highest BCUT2D eigenvalue weighted by atomic mass is 79.9. The van der Waals surface area contributed by atoms with Crippen LogP contribution in [0, 0.1) is 0 Å². The van der Waals surface area contributed by atoms with Gasteiger partial charge in [0.2, 0.25) is 0 Å². The minimum atomic E-state index is 0.434. The van der Waals surface area contributed by atoms with E-state index in [2.05, 4.69) is 36.8 Å². The molecule has 0 aliphatic carbocycles. The zero-order chi connectivity index (χ0) is 9.42. The summed E-state index contributed by atoms with van der Waals surface area (Å²) < 4.78 is 3.79. The number of nitrogens with zero attached hydrogens (tertiary/aromatic N) is 2. The summed E-state index contributed by atoms with van der Waals surface area (Å²) in [6.45, 7) is 0.434. The first kappa shape index (κ1) is 9.18. The maximum Gasteiger partial charge on any atom is 0.133 e. The molecule has 0 atom stereocenters. The maximum atomic E-state index is 5.56. The summed E-state index contributed by atoms with van der Waals surface area (Å²) in [6, 6.07) is 3.92. The molecule has 68 valence electrons. The molecular formula is C8H7Br2N3. The zero-order valence-electron chi connectivity index (χ0n) is 6.67. The van der Waals surface area contributed by atoms with Crippen LogP contribution in [-0.4, -0.2) is 9.38 Å². The number of aromatic nitrogens is 2. The van der Waals surface area contributed by atoms with Crippen molar-refractivity contribution < 1.29 is 0 Å². The number of hydrogen-bond acceptors (Lipinski definition) is 2. The van der Waals surface area contributed by atoms with Crippen LogP contribution < -0.4 is 5.73 Å². The van der Waals surface area contributed by atoms with E-state index in [-0.39, 0.29) is 0 Å². The molecular weight excluding hydrogens is 298 g/mol. The molecule has 0 aliphatic rings. The van der Waals surface area contributed by atoms with E-state index in [0.717, 1.165) is 20.4 Å². The van der Waals surface area contributed by atoms with Crippen molar-refractivity contribution in [3.8, 4) is 0 Å². The second-order valence-electron chi connectivity index (χ2n) is 2.60. The number of rotatable bonds is 1. The van der Waals surface area contributed by atoms with Gasteiger partial charge in [-0.1, -0.05) is 0 Å². The van der Waals surface area contributed by atoms with Crippen molar-refractivity contribution in [3.63, 3.8) is 0 Å². The van der Waals surface area contributed by atoms with Gasteiger partial charge in [-0.2, -0.15) is 0 Å². The minimum absolute atomic E-state index is 0.434. The van der Waals surface area contributed by atoms with Crippen LogP contribution in [0.15, 0.2) is 27.4 Å². The van der Waals surface area contributed by atoms with Crippen molar-refractivity contribution in [2.24, 2.45) is 5.73 Å². The van der Waals surface area contributed by atoms with E-state index in [1.807, 2.05) is 22.7 Å². The Kier molecular flexibility index (Phi) is 2.40. The van der Waals surface area contributed by atoms with Gasteiger partial charge in [-0.3, -0.25) is 0 Å². The van der Waals surface area contributed by atoms with Gasteiger partial charge in [0.1, 0.15) is 10.4 Å². The highest BCUT2D eigenvalue weighted by Gasteiger charge is 2.09. The van der Waals surface area contributed by atoms with Gasteiger partial charge < -0.3 is 10.1 Å². The Morgan fingerprint density at radius 3 is 2.92 bits per heavy atom. The summed E-state index contributed by atoms with van der Waals surface area (Å²) in [7, 11) is 0. The topological polar surface area (TPSA) is 43.3 Å². The summed E-state index contributed by atoms with van der Waals surface area (Å²) >= 11 is 6.85. The molecule has 0 radical (unpaired) electrons. The van der Waals surface area contributed by atoms with Gasteiger partial charge in [-0.05, 0) is 44.0 Å². The third kappa shape index (κ3) is 1.41. The average Bonchev–Trinajstić information content (AvgIpc) is 2.44. The second kappa shape index (κ2) is 3.40. The number of pyridine rings is 1. The molecule has 0 bridgehead atoms. The smallest absolute Gasteiger partial charge is 0.133 e. The zero-order valence-corrected chi connectivity index (χ0v) is 9.84. The minimum Gasteiger partial charge on any atom is -0.324 e. The molecule has 2 aromatic rings. The molecule has 2 aromatic heterocycles. The third-order valence-corrected chi connectivity index (χ3v) is 3.02. The molecule has 0 aliphatic heterocycles. The summed E-state index contributed by atoms with van der Waals surface area (Å²) in [5.74, 6) is 0.850. The van der Waals surface area contributed by atoms with Gasteiger partial charge in [-0.15, -0.1) is 0 Å². The third-order valence-electron chi connectivity index (χ3n) is 1.83. The fourth-order valence-electron chi connectivity index (χ4n) is 1.26. The molecule has 0 spiro atoms. The maximum absolute atomic E-state index is 5.56. The lowest BCUT2D eigenvalue weighted by Gasteiger charge is -1.98. The largest absolute Gasteiger partial charge is 0.324 e. The summed E-state index contributed by atoms with van der Waals surface area (Å²) in [4.78, 5) is 4.29. The van der Waals surface area contributed by atoms with Crippen molar-refractivity contribution in [1.82, 2.24) is 9.38 Å². The standard InChI is InChI=1S/C8H7Br2N3/c9-5-2-1-3-13-6(4-11)12-8(10)7(5)13/h1-3H,4,11H2. The molecule has 2 N–H and O–H groups in total. The Bertz CT molecular complexity index is 450. The van der Waals surface area contributed by atoms with Crippen LogP contribution in [0.5, 0.6) is 0 Å². The van der Waals surface area contributed by atoms with Gasteiger partial charge >= 0.3 is 0 Å². The van der Waals surface area contributed by atoms with Crippen LogP contribution in [-0.2, 0) is 6.54 Å². The van der Waals surface area contributed by atoms with Gasteiger partial charge in [0.15, 0.2) is 0 Å². The number of hydrogen-bond donors (Lipinski definition) is 1. The van der Waals surface area contributed by atoms with Crippen LogP contribution in [0.25, 0.3) is 5.52 Å². The Balaban J connectivity index is 2.87. The molecule has 3 nitrogen and oxygen atoms in total. The van der Waals surface area contributed by atoms with Crippen molar-refractivity contribution >= 4 is 37.4 Å². The van der Waals surface area contributed by atoms with Gasteiger partial charge in [0, 0.05) is 10.7 Å². The number of imidazole rings is 1. The van der Waals surface area contributed by atoms with E-state index < -0.39 is 0 Å². The van der Waals surface area contributed by atoms with Crippen LogP contribution in [0.1, 0.15) is 5.82 Å². The van der Waals surface area contributed by atoms with Crippen LogP contribution >= 0.6 is 31.9 Å². The Morgan fingerprint density at radius 1 is 1.46 bits per heavy atom. The first-order valence-corrected chi connectivity index (χ1v) is 5.33. The monoisotopic (exact) mass is 303 g/mol. The molecule has 0 fully saturated rings. The predicted octanol–water partition coefficient (Wildman–Crippen LogP) is 2.32. The Morgan fingerprint density at radius 2 is 2.23 bits per heavy atom. The molecule has 13 heavy (non-hydrogen) atoms. The summed E-state index contributed by atoms with van der Waals surface area (Å²) in [5, 5.41) is 0. The SMILES string of the molecule is NCc1nc(Br)c2c(Br)cccn12. The van der Waals surface area contributed by atoms with E-state index >= 15 is 0 Å². The van der Waals surface area contributed by atoms with E-state index in [9.17, 15) is 0 Å². The van der Waals surface area contributed by atoms with Crippen LogP contribution in [0.4, 0.5) is 0 Å². The Labute approximate surface area is 92.2 Å². The van der Waals surface area contributed by atoms with Crippen molar-refractivity contribution in [2.75, 3.05) is 0 Å². The van der Waals surface area contributed by atoms with E-state index in [1.165, 1.54) is 0 Å². The fraction of sp³-hybridized carbons (Fsp3) is 0.125. The van der Waals surface area contributed by atoms with Crippen molar-refractivity contribution in [2.45, 2.75) is 6.54 Å². The molecule has 0 saturated heterocycles. The molecule has 0 unspecified atom stereocenters. The van der Waals surface area contributed by atoms with Crippen LogP contribution in [0.2, 0.25) is 0 Å². The average molecular weight is 305 g/mol. The van der Waals surface area contributed by atoms with E-state index in [1.54, 1.807) is 0 Å². The van der Waals surface area contributed by atoms with E-state index in [0.29, 0.717) is 6.54 Å². The number of fused-ring (bicyclic) bond motifs is 1. The van der Waals surface area contributed by atoms with Crippen LogP contribution in [0.3, 0.4) is 0 Å². The predicted molar refractivity (Wildman–Crippen MR) is 58.5 cm³/mol. The van der Waals surface area contributed by atoms with Gasteiger partial charge in [-0.25, -0.2) is 4.98 Å². The van der Waals surface area contributed by atoms with E-state index in [4.69, 9.17) is 5.73 Å². The molecule has 0 aromatic carbocycles. The second-order valence-corrected chi connectivity index (χ2v) is 4.20. The summed E-state index contributed by atoms with van der Waals surface area (Å²) in [6.07, 6.45) is 1.94. The number of halogens is 2. The lowest BCUT2D eigenvalue weighted by molar-refractivity contribution is 0.901. The highest BCUT2D eigenvalue weighted by Crippen LogP contribution is 2.26. The first-order valence-electron chi connectivity index (χ1n) is 3.75. The molecule has 5 heteroatoms. The molecule has 0 amide bonds. The summed E-state index contributed by atoms with van der Waals surface area (Å²) in [5.41, 5.74) is 6.58. The lowest BCUT2D eigenvalue weighted by Crippen LogP contribution is -2.01. The molecule has 2 heterocycles. The first-order chi connectivity index (χ1) is 6.24. The fourth-order valence-corrected chi connectivity index (χ4v) is 2.67. The highest BCUT2D eigenvalue weighted by molar-refractivity contribution is 9.11. The normalized spacial score (nSPS) is 11.0. The lowest BCUT2D eigenvalue weighted by atomic mass is 10.4. The molecule has 0 saturated carbocycles. The number of nitrogens with two attached hydrogens (primary N) is 1. The molecule has 2 rings (SSSR count). The van der Waals surface area contributed by atoms with Crippen molar-refractivity contribution in [3.05, 3.63) is 33.2 Å². The van der Waals surface area contributed by atoms with Gasteiger partial charge in [0.05, 0.1) is 12.1 Å². The quantitative estimate of drug-likeness (QED) is 0.878. The van der Waals surface area contributed by atoms with Gasteiger partial charge in [0.25, 0.3) is 0 Å².